The molecule has 0 spiro atoms. The van der Waals surface area contributed by atoms with E-state index in [-0.39, 0.29) is 24.5 Å². The average Bonchev–Trinajstić information content (AvgIpc) is 2.52. The molecule has 0 aromatic rings. The highest BCUT2D eigenvalue weighted by molar-refractivity contribution is 5.73. The van der Waals surface area contributed by atoms with Gasteiger partial charge in [-0.1, -0.05) is 33.1 Å². The number of hydrogen-bond donors (Lipinski definition) is 0. The van der Waals surface area contributed by atoms with Crippen molar-refractivity contribution in [3.05, 3.63) is 0 Å². The Morgan fingerprint density at radius 1 is 1.04 bits per heavy atom. The molecule has 1 amide bonds. The molecular weight excluding hydrogens is 294 g/mol. The van der Waals surface area contributed by atoms with Crippen LogP contribution >= 0.6 is 0 Å². The van der Waals surface area contributed by atoms with Crippen LogP contribution in [0, 0.1) is 11.8 Å². The highest BCUT2D eigenvalue weighted by Crippen LogP contribution is 2.31. The van der Waals surface area contributed by atoms with Crippen LogP contribution in [0.25, 0.3) is 0 Å². The third kappa shape index (κ3) is 6.80. The molecule has 1 unspecified atom stereocenters. The van der Waals surface area contributed by atoms with E-state index in [1.165, 1.54) is 19.3 Å². The number of rotatable bonds is 8. The van der Waals surface area contributed by atoms with E-state index >= 15 is 0 Å². The largest absolute Gasteiger partial charge is 0.466 e. The van der Waals surface area contributed by atoms with Gasteiger partial charge in [-0.25, -0.2) is 4.79 Å². The second-order valence-corrected chi connectivity index (χ2v) is 6.72. The molecule has 1 rings (SSSR count). The smallest absolute Gasteiger partial charge is 0.410 e. The number of nitrogens with zero attached hydrogens (tertiary/aromatic N) is 1. The molecule has 0 heterocycles. The van der Waals surface area contributed by atoms with Crippen LogP contribution in [0.15, 0.2) is 0 Å². The fraction of sp³-hybridized carbons (Fsp3) is 0.889. The summed E-state index contributed by atoms with van der Waals surface area (Å²) in [6.45, 7) is 9.11. The number of carbonyl (C=O) groups is 2. The summed E-state index contributed by atoms with van der Waals surface area (Å²) in [7, 11) is 0. The van der Waals surface area contributed by atoms with Crippen molar-refractivity contribution in [1.29, 1.82) is 0 Å². The van der Waals surface area contributed by atoms with Crippen molar-refractivity contribution in [1.82, 2.24) is 4.90 Å². The molecule has 1 aliphatic rings. The molecule has 0 aliphatic heterocycles. The molecule has 1 atom stereocenters. The summed E-state index contributed by atoms with van der Waals surface area (Å²) in [6, 6.07) is -0.115. The maximum Gasteiger partial charge on any atom is 0.410 e. The second kappa shape index (κ2) is 10.5. The van der Waals surface area contributed by atoms with E-state index in [4.69, 9.17) is 9.47 Å². The average molecular weight is 327 g/mol. The summed E-state index contributed by atoms with van der Waals surface area (Å²) in [5.74, 6) is 0.463. The SMILES string of the molecule is CCOC(=O)CC(C1CCCCC1)N(CC(C)C)C(=O)OCC. The van der Waals surface area contributed by atoms with Gasteiger partial charge in [0.2, 0.25) is 0 Å². The van der Waals surface area contributed by atoms with Gasteiger partial charge in [-0.2, -0.15) is 0 Å². The van der Waals surface area contributed by atoms with Crippen molar-refractivity contribution in [3.63, 3.8) is 0 Å². The number of amides is 1. The summed E-state index contributed by atoms with van der Waals surface area (Å²) in [5, 5.41) is 0. The monoisotopic (exact) mass is 327 g/mol. The first-order valence-corrected chi connectivity index (χ1v) is 9.08. The van der Waals surface area contributed by atoms with E-state index in [1.54, 1.807) is 4.90 Å². The lowest BCUT2D eigenvalue weighted by atomic mass is 9.81. The number of ether oxygens (including phenoxy) is 2. The zero-order chi connectivity index (χ0) is 17.2. The van der Waals surface area contributed by atoms with Crippen LogP contribution in [0.1, 0.15) is 66.2 Å². The van der Waals surface area contributed by atoms with E-state index in [2.05, 4.69) is 13.8 Å². The van der Waals surface area contributed by atoms with Crippen LogP contribution in [-0.2, 0) is 14.3 Å². The molecule has 0 aromatic heterocycles. The predicted molar refractivity (Wildman–Crippen MR) is 90.2 cm³/mol. The molecule has 1 aliphatic carbocycles. The van der Waals surface area contributed by atoms with Gasteiger partial charge < -0.3 is 14.4 Å². The quantitative estimate of drug-likeness (QED) is 0.632. The van der Waals surface area contributed by atoms with Gasteiger partial charge in [-0.3, -0.25) is 4.79 Å². The molecule has 1 saturated carbocycles. The van der Waals surface area contributed by atoms with Gasteiger partial charge in [0, 0.05) is 12.6 Å². The molecule has 5 nitrogen and oxygen atoms in total. The lowest BCUT2D eigenvalue weighted by Crippen LogP contribution is -2.48. The van der Waals surface area contributed by atoms with E-state index in [9.17, 15) is 9.59 Å². The first kappa shape index (κ1) is 19.8. The van der Waals surface area contributed by atoms with E-state index in [1.807, 2.05) is 13.8 Å². The van der Waals surface area contributed by atoms with Crippen LogP contribution in [0.5, 0.6) is 0 Å². The minimum atomic E-state index is -0.305. The Morgan fingerprint density at radius 3 is 2.17 bits per heavy atom. The molecular formula is C18H33NO4. The molecule has 0 bridgehead atoms. The lowest BCUT2D eigenvalue weighted by molar-refractivity contribution is -0.145. The maximum atomic E-state index is 12.5. The molecule has 134 valence electrons. The van der Waals surface area contributed by atoms with Gasteiger partial charge in [0.1, 0.15) is 0 Å². The molecule has 0 saturated heterocycles. The first-order valence-electron chi connectivity index (χ1n) is 9.08. The fourth-order valence-corrected chi connectivity index (χ4v) is 3.39. The van der Waals surface area contributed by atoms with Gasteiger partial charge in [0.25, 0.3) is 0 Å². The minimum absolute atomic E-state index is 0.115. The molecule has 0 radical (unpaired) electrons. The standard InChI is InChI=1S/C18H33NO4/c1-5-22-17(20)12-16(15-10-8-7-9-11-15)19(13-14(3)4)18(21)23-6-2/h14-16H,5-13H2,1-4H3. The summed E-state index contributed by atoms with van der Waals surface area (Å²) in [6.07, 6.45) is 5.68. The number of carbonyl (C=O) groups excluding carboxylic acids is 2. The summed E-state index contributed by atoms with van der Waals surface area (Å²) in [4.78, 5) is 26.3. The molecule has 0 N–H and O–H groups in total. The third-order valence-electron chi connectivity index (χ3n) is 4.34. The van der Waals surface area contributed by atoms with Crippen molar-refractivity contribution in [2.24, 2.45) is 11.8 Å². The van der Waals surface area contributed by atoms with Gasteiger partial charge >= 0.3 is 12.1 Å². The van der Waals surface area contributed by atoms with E-state index < -0.39 is 0 Å². The van der Waals surface area contributed by atoms with E-state index in [0.29, 0.717) is 31.6 Å². The van der Waals surface area contributed by atoms with Crippen LogP contribution < -0.4 is 0 Å². The lowest BCUT2D eigenvalue weighted by Gasteiger charge is -2.38. The highest BCUT2D eigenvalue weighted by Gasteiger charge is 2.34. The van der Waals surface area contributed by atoms with Gasteiger partial charge in [0.05, 0.1) is 19.6 Å². The minimum Gasteiger partial charge on any atom is -0.466 e. The Morgan fingerprint density at radius 2 is 1.65 bits per heavy atom. The summed E-state index contributed by atoms with van der Waals surface area (Å²) in [5.41, 5.74) is 0. The Labute approximate surface area is 140 Å². The van der Waals surface area contributed by atoms with Crippen LogP contribution in [0.4, 0.5) is 4.79 Å². The van der Waals surface area contributed by atoms with Gasteiger partial charge in [-0.15, -0.1) is 0 Å². The number of hydrogen-bond acceptors (Lipinski definition) is 4. The first-order chi connectivity index (χ1) is 11.0. The zero-order valence-corrected chi connectivity index (χ0v) is 15.2. The Balaban J connectivity index is 2.93. The molecule has 0 aromatic carbocycles. The molecule has 1 fully saturated rings. The highest BCUT2D eigenvalue weighted by atomic mass is 16.6. The van der Waals surface area contributed by atoms with Crippen molar-refractivity contribution in [2.75, 3.05) is 19.8 Å². The maximum absolute atomic E-state index is 12.5. The second-order valence-electron chi connectivity index (χ2n) is 6.72. The normalized spacial score (nSPS) is 16.9. The van der Waals surface area contributed by atoms with Crippen molar-refractivity contribution < 1.29 is 19.1 Å². The van der Waals surface area contributed by atoms with Crippen molar-refractivity contribution >= 4 is 12.1 Å². The van der Waals surface area contributed by atoms with Crippen LogP contribution in [0.3, 0.4) is 0 Å². The summed E-state index contributed by atoms with van der Waals surface area (Å²) < 4.78 is 10.4. The van der Waals surface area contributed by atoms with Crippen LogP contribution in [0.2, 0.25) is 0 Å². The third-order valence-corrected chi connectivity index (χ3v) is 4.34. The Hall–Kier alpha value is -1.26. The van der Waals surface area contributed by atoms with E-state index in [0.717, 1.165) is 12.8 Å². The Bertz CT molecular complexity index is 364. The van der Waals surface area contributed by atoms with Crippen molar-refractivity contribution in [3.8, 4) is 0 Å². The Kier molecular flexibility index (Phi) is 9.03. The fourth-order valence-electron chi connectivity index (χ4n) is 3.39. The zero-order valence-electron chi connectivity index (χ0n) is 15.2. The number of esters is 1. The topological polar surface area (TPSA) is 55.8 Å². The summed E-state index contributed by atoms with van der Waals surface area (Å²) >= 11 is 0. The van der Waals surface area contributed by atoms with Crippen LogP contribution in [-0.4, -0.2) is 42.8 Å². The van der Waals surface area contributed by atoms with Crippen molar-refractivity contribution in [2.45, 2.75) is 72.3 Å². The van der Waals surface area contributed by atoms with Gasteiger partial charge in [0.15, 0.2) is 0 Å². The molecule has 5 heteroatoms. The van der Waals surface area contributed by atoms with Gasteiger partial charge in [-0.05, 0) is 38.5 Å². The molecule has 23 heavy (non-hydrogen) atoms. The predicted octanol–water partition coefficient (Wildman–Crippen LogP) is 4.00.